The largest absolute Gasteiger partial charge is 0.497 e. The molecule has 1 heterocycles. The zero-order valence-corrected chi connectivity index (χ0v) is 23.6. The minimum absolute atomic E-state index is 0.134. The summed E-state index contributed by atoms with van der Waals surface area (Å²) < 4.78 is 7.57. The number of fused-ring (bicyclic) bond motifs is 5. The van der Waals surface area contributed by atoms with E-state index in [2.05, 4.69) is 73.1 Å². The minimum atomic E-state index is -0.134. The highest BCUT2D eigenvalue weighted by molar-refractivity contribution is 5.63. The third-order valence-electron chi connectivity index (χ3n) is 11.5. The van der Waals surface area contributed by atoms with E-state index in [0.717, 1.165) is 54.1 Å². The van der Waals surface area contributed by atoms with Crippen LogP contribution in [-0.4, -0.2) is 28.1 Å². The molecule has 7 rings (SSSR count). The second kappa shape index (κ2) is 9.37. The molecule has 1 aromatic heterocycles. The van der Waals surface area contributed by atoms with Crippen LogP contribution in [0.3, 0.4) is 0 Å². The third-order valence-corrected chi connectivity index (χ3v) is 11.5. The van der Waals surface area contributed by atoms with Crippen molar-refractivity contribution in [1.29, 1.82) is 0 Å². The van der Waals surface area contributed by atoms with Crippen LogP contribution in [-0.2, 0) is 0 Å². The van der Waals surface area contributed by atoms with Crippen LogP contribution in [0.4, 0.5) is 0 Å². The number of aliphatic hydroxyl groups excluding tert-OH is 1. The Morgan fingerprint density at radius 3 is 2.49 bits per heavy atom. The maximum atomic E-state index is 10.4. The smallest absolute Gasteiger partial charge is 0.119 e. The summed E-state index contributed by atoms with van der Waals surface area (Å²) in [4.78, 5) is 0. The first-order chi connectivity index (χ1) is 18.9. The van der Waals surface area contributed by atoms with Crippen LogP contribution in [0, 0.1) is 28.6 Å². The van der Waals surface area contributed by atoms with E-state index in [1.807, 2.05) is 12.1 Å². The maximum Gasteiger partial charge on any atom is 0.119 e. The first-order valence-electron chi connectivity index (χ1n) is 15.1. The molecule has 0 bridgehead atoms. The molecule has 4 aliphatic rings. The second-order valence-electron chi connectivity index (χ2n) is 13.3. The number of aromatic nitrogens is 2. The van der Waals surface area contributed by atoms with E-state index in [-0.39, 0.29) is 16.9 Å². The SMILES string of the molecule is COc1ccc(-n2nc([C@H]3CC[C@H]4[C@@H]5CC=C6C[C@@H](O)CC[C@]6(C)[C@H]5CC[C@]34C)cc2-c2ccccc2)cc1. The normalized spacial score (nSPS) is 35.5. The number of hydrogen-bond acceptors (Lipinski definition) is 3. The fraction of sp³-hybridized carbons (Fsp3) is 0.514. The highest BCUT2D eigenvalue weighted by atomic mass is 16.5. The molecule has 0 aliphatic heterocycles. The quantitative estimate of drug-likeness (QED) is 0.354. The van der Waals surface area contributed by atoms with Crippen LogP contribution < -0.4 is 4.74 Å². The Hall–Kier alpha value is -2.85. The van der Waals surface area contributed by atoms with E-state index >= 15 is 0 Å². The average molecular weight is 523 g/mol. The molecule has 204 valence electrons. The molecule has 3 fully saturated rings. The summed E-state index contributed by atoms with van der Waals surface area (Å²) in [6, 6.07) is 21.3. The van der Waals surface area contributed by atoms with Crippen LogP contribution in [0.1, 0.15) is 76.8 Å². The standard InChI is InChI=1S/C35H42N2O2/c1-34-19-17-26(38)21-24(34)9-14-28-29-15-16-31(35(29,2)20-18-30(28)34)32-22-33(23-7-5-4-6-8-23)37(36-32)25-10-12-27(39-3)13-11-25/h4-13,22,26,28-31,38H,14-21H2,1-3H3/t26-,28-,29-,30-,31+,34-,35-/m0/s1. The van der Waals surface area contributed by atoms with E-state index in [0.29, 0.717) is 5.92 Å². The Balaban J connectivity index is 1.24. The number of nitrogens with zero attached hydrogens (tertiary/aromatic N) is 2. The van der Waals surface area contributed by atoms with Gasteiger partial charge < -0.3 is 9.84 Å². The molecule has 0 amide bonds. The van der Waals surface area contributed by atoms with Crippen molar-refractivity contribution in [2.24, 2.45) is 28.6 Å². The topological polar surface area (TPSA) is 47.3 Å². The van der Waals surface area contributed by atoms with Gasteiger partial charge in [0.1, 0.15) is 5.75 Å². The van der Waals surface area contributed by atoms with Gasteiger partial charge in [-0.2, -0.15) is 5.10 Å². The zero-order valence-electron chi connectivity index (χ0n) is 23.6. The monoisotopic (exact) mass is 522 g/mol. The molecule has 3 aromatic rings. The highest BCUT2D eigenvalue weighted by Gasteiger charge is 2.59. The van der Waals surface area contributed by atoms with Crippen molar-refractivity contribution in [1.82, 2.24) is 9.78 Å². The molecule has 4 aliphatic carbocycles. The van der Waals surface area contributed by atoms with Gasteiger partial charge >= 0.3 is 0 Å². The number of aliphatic hydroxyl groups is 1. The molecule has 0 saturated heterocycles. The summed E-state index contributed by atoms with van der Waals surface area (Å²) in [5, 5.41) is 15.7. The van der Waals surface area contributed by atoms with Gasteiger partial charge in [-0.05, 0) is 110 Å². The van der Waals surface area contributed by atoms with Gasteiger partial charge in [-0.1, -0.05) is 55.8 Å². The lowest BCUT2D eigenvalue weighted by molar-refractivity contribution is -0.0412. The Labute approximate surface area is 233 Å². The van der Waals surface area contributed by atoms with Gasteiger partial charge in [-0.3, -0.25) is 0 Å². The average Bonchev–Trinajstić information content (AvgIpc) is 3.55. The third kappa shape index (κ3) is 3.93. The van der Waals surface area contributed by atoms with E-state index in [1.54, 1.807) is 12.7 Å². The van der Waals surface area contributed by atoms with Crippen molar-refractivity contribution in [3.63, 3.8) is 0 Å². The van der Waals surface area contributed by atoms with Crippen LogP contribution in [0.15, 0.2) is 72.3 Å². The van der Waals surface area contributed by atoms with E-state index in [4.69, 9.17) is 9.84 Å². The summed E-state index contributed by atoms with van der Waals surface area (Å²) >= 11 is 0. The predicted octanol–water partition coefficient (Wildman–Crippen LogP) is 7.96. The fourth-order valence-electron chi connectivity index (χ4n) is 9.43. The van der Waals surface area contributed by atoms with Gasteiger partial charge in [0.25, 0.3) is 0 Å². The summed E-state index contributed by atoms with van der Waals surface area (Å²) in [5.74, 6) is 3.61. The molecule has 7 atom stereocenters. The first-order valence-corrected chi connectivity index (χ1v) is 15.1. The minimum Gasteiger partial charge on any atom is -0.497 e. The molecule has 0 unspecified atom stereocenters. The van der Waals surface area contributed by atoms with Crippen molar-refractivity contribution in [3.05, 3.63) is 78.0 Å². The van der Waals surface area contributed by atoms with Gasteiger partial charge in [0, 0.05) is 11.5 Å². The Kier molecular flexibility index (Phi) is 6.04. The molecule has 0 radical (unpaired) electrons. The predicted molar refractivity (Wildman–Crippen MR) is 156 cm³/mol. The molecule has 4 heteroatoms. The van der Waals surface area contributed by atoms with Crippen LogP contribution >= 0.6 is 0 Å². The second-order valence-corrected chi connectivity index (χ2v) is 13.3. The summed E-state index contributed by atoms with van der Waals surface area (Å²) in [7, 11) is 1.71. The van der Waals surface area contributed by atoms with E-state index in [1.165, 1.54) is 43.4 Å². The fourth-order valence-corrected chi connectivity index (χ4v) is 9.43. The van der Waals surface area contributed by atoms with Crippen LogP contribution in [0.2, 0.25) is 0 Å². The lowest BCUT2D eigenvalue weighted by Crippen LogP contribution is -2.50. The number of benzene rings is 2. The molecule has 3 saturated carbocycles. The maximum absolute atomic E-state index is 10.4. The first kappa shape index (κ1) is 25.1. The summed E-state index contributed by atoms with van der Waals surface area (Å²) in [5.41, 5.74) is 6.82. The van der Waals surface area contributed by atoms with Crippen LogP contribution in [0.25, 0.3) is 16.9 Å². The Morgan fingerprint density at radius 1 is 0.923 bits per heavy atom. The zero-order chi connectivity index (χ0) is 26.8. The van der Waals surface area contributed by atoms with Crippen LogP contribution in [0.5, 0.6) is 5.75 Å². The Bertz CT molecular complexity index is 1380. The van der Waals surface area contributed by atoms with Gasteiger partial charge in [0.05, 0.1) is 30.3 Å². The van der Waals surface area contributed by atoms with Crippen molar-refractivity contribution in [2.45, 2.75) is 77.2 Å². The molecular formula is C35H42N2O2. The van der Waals surface area contributed by atoms with Gasteiger partial charge in [-0.15, -0.1) is 0 Å². The number of allylic oxidation sites excluding steroid dienone is 1. The lowest BCUT2D eigenvalue weighted by atomic mass is 9.47. The van der Waals surface area contributed by atoms with Crippen molar-refractivity contribution >= 4 is 0 Å². The lowest BCUT2D eigenvalue weighted by Gasteiger charge is -2.58. The van der Waals surface area contributed by atoms with Gasteiger partial charge in [-0.25, -0.2) is 4.68 Å². The van der Waals surface area contributed by atoms with E-state index < -0.39 is 0 Å². The van der Waals surface area contributed by atoms with Gasteiger partial charge in [0.15, 0.2) is 0 Å². The van der Waals surface area contributed by atoms with Crippen molar-refractivity contribution in [3.8, 4) is 22.7 Å². The Morgan fingerprint density at radius 2 is 1.72 bits per heavy atom. The molecule has 4 nitrogen and oxygen atoms in total. The summed E-state index contributed by atoms with van der Waals surface area (Å²) in [6.45, 7) is 5.12. The number of ether oxygens (including phenoxy) is 1. The molecule has 39 heavy (non-hydrogen) atoms. The number of rotatable bonds is 4. The number of hydrogen-bond donors (Lipinski definition) is 1. The molecule has 2 aromatic carbocycles. The molecule has 0 spiro atoms. The van der Waals surface area contributed by atoms with Crippen molar-refractivity contribution < 1.29 is 9.84 Å². The number of methoxy groups -OCH3 is 1. The van der Waals surface area contributed by atoms with Gasteiger partial charge in [0.2, 0.25) is 0 Å². The summed E-state index contributed by atoms with van der Waals surface area (Å²) in [6.07, 6.45) is 11.8. The van der Waals surface area contributed by atoms with E-state index in [9.17, 15) is 5.11 Å². The van der Waals surface area contributed by atoms with Crippen molar-refractivity contribution in [2.75, 3.05) is 7.11 Å². The highest BCUT2D eigenvalue weighted by Crippen LogP contribution is 2.68. The molecule has 1 N–H and O–H groups in total. The molecular weight excluding hydrogens is 480 g/mol.